The highest BCUT2D eigenvalue weighted by Crippen LogP contribution is 2.35. The fourth-order valence-electron chi connectivity index (χ4n) is 3.40. The van der Waals surface area contributed by atoms with Gasteiger partial charge in [-0.05, 0) is 50.6 Å². The number of aryl methyl sites for hydroxylation is 2. The summed E-state index contributed by atoms with van der Waals surface area (Å²) in [5, 5.41) is 4.15. The Morgan fingerprint density at radius 3 is 2.44 bits per heavy atom. The van der Waals surface area contributed by atoms with Crippen molar-refractivity contribution in [3.05, 3.63) is 82.6 Å². The molecule has 0 radical (unpaired) electrons. The van der Waals surface area contributed by atoms with E-state index >= 15 is 0 Å². The van der Waals surface area contributed by atoms with Gasteiger partial charge in [-0.15, -0.1) is 11.3 Å². The molecule has 0 saturated carbocycles. The number of carbonyl (C=O) groups is 1. The molecule has 4 rings (SSSR count). The van der Waals surface area contributed by atoms with E-state index in [1.807, 2.05) is 49.4 Å². The first-order valence-corrected chi connectivity index (χ1v) is 9.76. The van der Waals surface area contributed by atoms with Crippen LogP contribution in [0.2, 0.25) is 0 Å². The molecule has 3 aromatic heterocycles. The van der Waals surface area contributed by atoms with Gasteiger partial charge in [-0.3, -0.25) is 4.79 Å². The Labute approximate surface area is 162 Å². The highest BCUT2D eigenvalue weighted by atomic mass is 32.1. The van der Waals surface area contributed by atoms with Gasteiger partial charge in [-0.25, -0.2) is 4.98 Å². The Kier molecular flexibility index (Phi) is 4.54. The van der Waals surface area contributed by atoms with Crippen LogP contribution in [0.15, 0.2) is 60.8 Å². The fraction of sp³-hybridized carbons (Fsp3) is 0.182. The normalized spacial score (nSPS) is 12.3. The minimum Gasteiger partial charge on any atom is -0.345 e. The maximum Gasteiger partial charge on any atom is 0.264 e. The molecule has 0 spiro atoms. The summed E-state index contributed by atoms with van der Waals surface area (Å²) in [6.45, 7) is 6.12. The van der Waals surface area contributed by atoms with Crippen LogP contribution >= 0.6 is 11.3 Å². The van der Waals surface area contributed by atoms with Crippen molar-refractivity contribution >= 4 is 27.5 Å². The lowest BCUT2D eigenvalue weighted by Gasteiger charge is -2.16. The number of benzene rings is 1. The van der Waals surface area contributed by atoms with Gasteiger partial charge in [0.2, 0.25) is 0 Å². The zero-order valence-electron chi connectivity index (χ0n) is 15.6. The van der Waals surface area contributed by atoms with Crippen molar-refractivity contribution < 1.29 is 4.79 Å². The first-order valence-electron chi connectivity index (χ1n) is 8.95. The summed E-state index contributed by atoms with van der Waals surface area (Å²) < 4.78 is 2.14. The van der Waals surface area contributed by atoms with Gasteiger partial charge in [0.1, 0.15) is 9.71 Å². The second-order valence-electron chi connectivity index (χ2n) is 6.69. The molecule has 0 aliphatic rings. The lowest BCUT2D eigenvalue weighted by Crippen LogP contribution is -2.26. The number of pyridine rings is 1. The van der Waals surface area contributed by atoms with Crippen molar-refractivity contribution in [2.75, 3.05) is 0 Å². The van der Waals surface area contributed by atoms with Crippen molar-refractivity contribution in [1.29, 1.82) is 0 Å². The van der Waals surface area contributed by atoms with E-state index in [1.165, 1.54) is 11.3 Å². The van der Waals surface area contributed by atoms with Crippen LogP contribution in [0, 0.1) is 13.8 Å². The monoisotopic (exact) mass is 375 g/mol. The van der Waals surface area contributed by atoms with Crippen LogP contribution in [-0.4, -0.2) is 15.5 Å². The third-order valence-electron chi connectivity index (χ3n) is 4.79. The molecule has 1 aromatic carbocycles. The van der Waals surface area contributed by atoms with E-state index < -0.39 is 0 Å². The molecular weight excluding hydrogens is 354 g/mol. The van der Waals surface area contributed by atoms with E-state index in [4.69, 9.17) is 0 Å². The molecule has 4 nitrogen and oxygen atoms in total. The predicted molar refractivity (Wildman–Crippen MR) is 111 cm³/mol. The number of amides is 1. The molecule has 0 saturated heterocycles. The minimum atomic E-state index is -0.0726. The van der Waals surface area contributed by atoms with E-state index in [0.717, 1.165) is 32.9 Å². The van der Waals surface area contributed by atoms with Crippen LogP contribution in [0.25, 0.3) is 15.9 Å². The Morgan fingerprint density at radius 1 is 1.04 bits per heavy atom. The van der Waals surface area contributed by atoms with Gasteiger partial charge in [-0.2, -0.15) is 0 Å². The summed E-state index contributed by atoms with van der Waals surface area (Å²) in [4.78, 5) is 19.2. The molecule has 0 unspecified atom stereocenters. The zero-order valence-corrected chi connectivity index (χ0v) is 16.4. The van der Waals surface area contributed by atoms with Crippen LogP contribution in [-0.2, 0) is 0 Å². The van der Waals surface area contributed by atoms with Gasteiger partial charge in [0.25, 0.3) is 5.91 Å². The molecular formula is C22H21N3OS. The van der Waals surface area contributed by atoms with Crippen LogP contribution in [0.5, 0.6) is 0 Å². The maximum absolute atomic E-state index is 13.2. The smallest absolute Gasteiger partial charge is 0.264 e. The van der Waals surface area contributed by atoms with Crippen molar-refractivity contribution in [3.8, 4) is 5.69 Å². The summed E-state index contributed by atoms with van der Waals surface area (Å²) in [5.41, 5.74) is 4.20. The number of rotatable bonds is 4. The summed E-state index contributed by atoms with van der Waals surface area (Å²) in [5.74, 6) is -0.0724. The molecule has 136 valence electrons. The third kappa shape index (κ3) is 3.15. The van der Waals surface area contributed by atoms with Gasteiger partial charge < -0.3 is 9.88 Å². The first kappa shape index (κ1) is 17.5. The lowest BCUT2D eigenvalue weighted by molar-refractivity contribution is 0.0944. The second-order valence-corrected chi connectivity index (χ2v) is 7.69. The third-order valence-corrected chi connectivity index (χ3v) is 5.89. The second kappa shape index (κ2) is 7.00. The molecule has 3 heterocycles. The quantitative estimate of drug-likeness (QED) is 0.533. The topological polar surface area (TPSA) is 46.9 Å². The molecule has 27 heavy (non-hydrogen) atoms. The molecule has 1 N–H and O–H groups in total. The molecule has 0 bridgehead atoms. The number of thiophene rings is 1. The van der Waals surface area contributed by atoms with Gasteiger partial charge in [-0.1, -0.05) is 30.3 Å². The van der Waals surface area contributed by atoms with Crippen molar-refractivity contribution in [1.82, 2.24) is 14.9 Å². The van der Waals surface area contributed by atoms with Crippen molar-refractivity contribution in [3.63, 3.8) is 0 Å². The number of hydrogen-bond acceptors (Lipinski definition) is 3. The van der Waals surface area contributed by atoms with Gasteiger partial charge in [0.15, 0.2) is 0 Å². The molecule has 1 amide bonds. The van der Waals surface area contributed by atoms with Crippen LogP contribution in [0.1, 0.15) is 39.6 Å². The summed E-state index contributed by atoms with van der Waals surface area (Å²) in [6.07, 6.45) is 1.77. The number of nitrogens with one attached hydrogen (secondary N) is 1. The van der Waals surface area contributed by atoms with Gasteiger partial charge in [0.05, 0.1) is 11.7 Å². The molecule has 0 aliphatic heterocycles. The van der Waals surface area contributed by atoms with E-state index in [2.05, 4.69) is 40.8 Å². The fourth-order valence-corrected chi connectivity index (χ4v) is 4.44. The maximum atomic E-state index is 13.2. The average Bonchev–Trinajstić information content (AvgIpc) is 3.22. The van der Waals surface area contributed by atoms with E-state index in [0.29, 0.717) is 4.88 Å². The molecule has 1 atom stereocenters. The van der Waals surface area contributed by atoms with Crippen LogP contribution in [0.3, 0.4) is 0 Å². The lowest BCUT2D eigenvalue weighted by atomic mass is 10.1. The standard InChI is InChI=1S/C22H21N3OS/c1-14-11-12-15(2)25(14)19-18-10-7-13-23-22(18)27-20(19)21(26)24-16(3)17-8-5-4-6-9-17/h4-13,16H,1-3H3,(H,24,26)/t16-/m1/s1. The minimum absolute atomic E-state index is 0.0724. The van der Waals surface area contributed by atoms with E-state index in [9.17, 15) is 4.79 Å². The Morgan fingerprint density at radius 2 is 1.74 bits per heavy atom. The first-order chi connectivity index (χ1) is 13.1. The molecule has 4 aromatic rings. The zero-order chi connectivity index (χ0) is 19.0. The summed E-state index contributed by atoms with van der Waals surface area (Å²) >= 11 is 1.44. The van der Waals surface area contributed by atoms with Gasteiger partial charge >= 0.3 is 0 Å². The highest BCUT2D eigenvalue weighted by molar-refractivity contribution is 7.21. The van der Waals surface area contributed by atoms with Crippen molar-refractivity contribution in [2.24, 2.45) is 0 Å². The number of nitrogens with zero attached hydrogens (tertiary/aromatic N) is 2. The van der Waals surface area contributed by atoms with E-state index in [1.54, 1.807) is 6.20 Å². The average molecular weight is 375 g/mol. The number of carbonyl (C=O) groups excluding carboxylic acids is 1. The van der Waals surface area contributed by atoms with Crippen molar-refractivity contribution in [2.45, 2.75) is 26.8 Å². The Bertz CT molecular complexity index is 1090. The highest BCUT2D eigenvalue weighted by Gasteiger charge is 2.23. The Balaban J connectivity index is 1.80. The summed E-state index contributed by atoms with van der Waals surface area (Å²) in [7, 11) is 0. The van der Waals surface area contributed by atoms with Crippen LogP contribution in [0.4, 0.5) is 0 Å². The van der Waals surface area contributed by atoms with Gasteiger partial charge in [0, 0.05) is 23.0 Å². The number of aromatic nitrogens is 2. The molecule has 5 heteroatoms. The number of hydrogen-bond donors (Lipinski definition) is 1. The molecule has 0 fully saturated rings. The van der Waals surface area contributed by atoms with E-state index in [-0.39, 0.29) is 11.9 Å². The predicted octanol–water partition coefficient (Wildman–Crippen LogP) is 5.19. The number of fused-ring (bicyclic) bond motifs is 1. The Hall–Kier alpha value is -2.92. The molecule has 0 aliphatic carbocycles. The largest absolute Gasteiger partial charge is 0.345 e. The summed E-state index contributed by atoms with van der Waals surface area (Å²) in [6, 6.07) is 18.0. The SMILES string of the molecule is Cc1ccc(C)n1-c1c(C(=O)N[C@H](C)c2ccccc2)sc2ncccc12. The van der Waals surface area contributed by atoms with Crippen LogP contribution < -0.4 is 5.32 Å².